The summed E-state index contributed by atoms with van der Waals surface area (Å²) < 4.78 is 13.3. The molecule has 1 saturated carbocycles. The van der Waals surface area contributed by atoms with Gasteiger partial charge in [-0.15, -0.1) is 5.10 Å². The smallest absolute Gasteiger partial charge is 0.173 e. The van der Waals surface area contributed by atoms with Gasteiger partial charge in [0.15, 0.2) is 5.82 Å². The fraction of sp³-hybridized carbons (Fsp3) is 0.708. The minimum Gasteiger partial charge on any atom is -0.497 e. The van der Waals surface area contributed by atoms with Crippen LogP contribution in [0.3, 0.4) is 0 Å². The van der Waals surface area contributed by atoms with Crippen LogP contribution in [0.2, 0.25) is 0 Å². The first kappa shape index (κ1) is 23.0. The number of methoxy groups -OCH3 is 2. The summed E-state index contributed by atoms with van der Waals surface area (Å²) in [5.41, 5.74) is 1.06. The van der Waals surface area contributed by atoms with Crippen LogP contribution in [0, 0.1) is 5.92 Å². The van der Waals surface area contributed by atoms with E-state index in [0.717, 1.165) is 68.1 Å². The van der Waals surface area contributed by atoms with Gasteiger partial charge in [-0.3, -0.25) is 9.80 Å². The third-order valence-corrected chi connectivity index (χ3v) is 7.01. The number of rotatable bonds is 9. The number of hydrogen-bond donors (Lipinski definition) is 0. The lowest BCUT2D eigenvalue weighted by molar-refractivity contribution is 0.0761. The molecule has 0 N–H and O–H groups in total. The van der Waals surface area contributed by atoms with E-state index in [9.17, 15) is 0 Å². The van der Waals surface area contributed by atoms with Gasteiger partial charge >= 0.3 is 0 Å². The molecule has 8 nitrogen and oxygen atoms in total. The van der Waals surface area contributed by atoms with E-state index in [4.69, 9.17) is 9.47 Å². The lowest BCUT2D eigenvalue weighted by atomic mass is 10.0. The van der Waals surface area contributed by atoms with Crippen molar-refractivity contribution in [2.75, 3.05) is 40.4 Å². The average Bonchev–Trinajstić information content (AvgIpc) is 3.51. The Bertz CT molecular complexity index is 856. The van der Waals surface area contributed by atoms with Gasteiger partial charge in [-0.05, 0) is 53.8 Å². The lowest BCUT2D eigenvalue weighted by Gasteiger charge is -2.41. The molecule has 2 fully saturated rings. The molecule has 1 aromatic carbocycles. The van der Waals surface area contributed by atoms with Crippen LogP contribution in [-0.2, 0) is 6.54 Å². The summed E-state index contributed by atoms with van der Waals surface area (Å²) in [5, 5.41) is 12.9. The van der Waals surface area contributed by atoms with Crippen molar-refractivity contribution in [1.82, 2.24) is 30.0 Å². The number of aryl methyl sites for hydroxylation is 1. The highest BCUT2D eigenvalue weighted by Gasteiger charge is 2.34. The first-order chi connectivity index (χ1) is 15.6. The van der Waals surface area contributed by atoms with Crippen molar-refractivity contribution in [3.05, 3.63) is 29.6 Å². The number of benzene rings is 1. The third-order valence-electron chi connectivity index (χ3n) is 7.01. The molecule has 1 atom stereocenters. The van der Waals surface area contributed by atoms with Gasteiger partial charge in [0, 0.05) is 44.3 Å². The van der Waals surface area contributed by atoms with Gasteiger partial charge in [0.25, 0.3) is 0 Å². The van der Waals surface area contributed by atoms with E-state index in [0.29, 0.717) is 5.92 Å². The van der Waals surface area contributed by atoms with E-state index in [2.05, 4.69) is 45.2 Å². The predicted octanol–water partition coefficient (Wildman–Crippen LogP) is 3.39. The Balaban J connectivity index is 1.65. The van der Waals surface area contributed by atoms with Crippen LogP contribution in [0.5, 0.6) is 11.5 Å². The molecule has 2 aliphatic rings. The summed E-state index contributed by atoms with van der Waals surface area (Å²) >= 11 is 0. The Hall–Kier alpha value is -2.19. The first-order valence-corrected chi connectivity index (χ1v) is 12.1. The van der Waals surface area contributed by atoms with Gasteiger partial charge in [0.05, 0.1) is 14.2 Å². The highest BCUT2D eigenvalue weighted by atomic mass is 16.5. The zero-order valence-electron chi connectivity index (χ0n) is 20.0. The van der Waals surface area contributed by atoms with E-state index in [1.807, 2.05) is 16.8 Å². The summed E-state index contributed by atoms with van der Waals surface area (Å²) in [5.74, 6) is 3.13. The standard InChI is InChI=1S/C24H38N6O2/c1-18(2)11-12-30-24(25-26-27-30)23(21-17-20(31-3)9-10-22(21)32-4)29-15-13-28(14-16-29)19-7-5-6-8-19/h9-10,17-19,23H,5-8,11-16H2,1-4H3/t23-/m1/s1. The van der Waals surface area contributed by atoms with Crippen molar-refractivity contribution in [3.63, 3.8) is 0 Å². The SMILES string of the molecule is COc1ccc(OC)c([C@H](c2nnnn2CCC(C)C)N2CCN(C3CCCC3)CC2)c1. The van der Waals surface area contributed by atoms with Gasteiger partial charge < -0.3 is 9.47 Å². The van der Waals surface area contributed by atoms with Crippen LogP contribution >= 0.6 is 0 Å². The van der Waals surface area contributed by atoms with E-state index >= 15 is 0 Å². The quantitative estimate of drug-likeness (QED) is 0.590. The van der Waals surface area contributed by atoms with E-state index in [-0.39, 0.29) is 6.04 Å². The van der Waals surface area contributed by atoms with E-state index in [1.54, 1.807) is 14.2 Å². The Morgan fingerprint density at radius 1 is 1.03 bits per heavy atom. The summed E-state index contributed by atoms with van der Waals surface area (Å²) in [6, 6.07) is 6.69. The molecule has 0 bridgehead atoms. The van der Waals surface area contributed by atoms with Crippen molar-refractivity contribution in [2.45, 2.75) is 64.6 Å². The molecule has 0 amide bonds. The Labute approximate surface area is 191 Å². The van der Waals surface area contributed by atoms with Crippen molar-refractivity contribution >= 4 is 0 Å². The highest BCUT2D eigenvalue weighted by molar-refractivity contribution is 5.44. The van der Waals surface area contributed by atoms with Crippen LogP contribution in [0.4, 0.5) is 0 Å². The average molecular weight is 443 g/mol. The fourth-order valence-electron chi connectivity index (χ4n) is 5.13. The molecule has 4 rings (SSSR count). The maximum Gasteiger partial charge on any atom is 0.173 e. The topological polar surface area (TPSA) is 68.5 Å². The summed E-state index contributed by atoms with van der Waals surface area (Å²) in [6.45, 7) is 9.41. The minimum absolute atomic E-state index is 0.0760. The first-order valence-electron chi connectivity index (χ1n) is 12.1. The second kappa shape index (κ2) is 10.6. The van der Waals surface area contributed by atoms with Crippen molar-refractivity contribution in [2.24, 2.45) is 5.92 Å². The summed E-state index contributed by atoms with van der Waals surface area (Å²) in [4.78, 5) is 5.20. The molecule has 1 aliphatic heterocycles. The Morgan fingerprint density at radius 2 is 1.78 bits per heavy atom. The van der Waals surface area contributed by atoms with Gasteiger partial charge in [-0.25, -0.2) is 4.68 Å². The monoisotopic (exact) mass is 442 g/mol. The predicted molar refractivity (Wildman–Crippen MR) is 124 cm³/mol. The van der Waals surface area contributed by atoms with Crippen LogP contribution < -0.4 is 9.47 Å². The molecule has 2 aromatic rings. The maximum absolute atomic E-state index is 5.78. The van der Waals surface area contributed by atoms with Crippen LogP contribution in [0.25, 0.3) is 0 Å². The summed E-state index contributed by atoms with van der Waals surface area (Å²) in [6.07, 6.45) is 6.48. The minimum atomic E-state index is -0.0760. The molecular weight excluding hydrogens is 404 g/mol. The zero-order chi connectivity index (χ0) is 22.5. The molecule has 0 spiro atoms. The van der Waals surface area contributed by atoms with Crippen molar-refractivity contribution in [3.8, 4) is 11.5 Å². The van der Waals surface area contributed by atoms with Crippen LogP contribution in [0.1, 0.15) is 63.4 Å². The van der Waals surface area contributed by atoms with E-state index < -0.39 is 0 Å². The Kier molecular flexibility index (Phi) is 7.63. The molecule has 1 saturated heterocycles. The number of nitrogens with zero attached hydrogens (tertiary/aromatic N) is 6. The molecule has 1 aliphatic carbocycles. The van der Waals surface area contributed by atoms with Gasteiger partial charge in [0.2, 0.25) is 0 Å². The second-order valence-corrected chi connectivity index (χ2v) is 9.46. The molecule has 0 unspecified atom stereocenters. The largest absolute Gasteiger partial charge is 0.497 e. The maximum atomic E-state index is 5.78. The van der Waals surface area contributed by atoms with Gasteiger partial charge in [-0.1, -0.05) is 26.7 Å². The summed E-state index contributed by atoms with van der Waals surface area (Å²) in [7, 11) is 3.43. The second-order valence-electron chi connectivity index (χ2n) is 9.46. The molecule has 2 heterocycles. The van der Waals surface area contributed by atoms with Crippen molar-refractivity contribution < 1.29 is 9.47 Å². The molecule has 1 aromatic heterocycles. The zero-order valence-corrected chi connectivity index (χ0v) is 20.0. The Morgan fingerprint density at radius 3 is 2.44 bits per heavy atom. The van der Waals surface area contributed by atoms with E-state index in [1.165, 1.54) is 25.7 Å². The van der Waals surface area contributed by atoms with Crippen molar-refractivity contribution in [1.29, 1.82) is 0 Å². The van der Waals surface area contributed by atoms with Crippen LogP contribution in [-0.4, -0.2) is 76.4 Å². The molecule has 32 heavy (non-hydrogen) atoms. The molecular formula is C24H38N6O2. The molecule has 176 valence electrons. The highest BCUT2D eigenvalue weighted by Crippen LogP contribution is 2.37. The lowest BCUT2D eigenvalue weighted by Crippen LogP contribution is -2.51. The number of piperazine rings is 1. The molecule has 0 radical (unpaired) electrons. The number of tetrazole rings is 1. The van der Waals surface area contributed by atoms with Crippen LogP contribution in [0.15, 0.2) is 18.2 Å². The third kappa shape index (κ3) is 5.07. The number of ether oxygens (including phenoxy) is 2. The van der Waals surface area contributed by atoms with Gasteiger partial charge in [0.1, 0.15) is 17.5 Å². The number of hydrogen-bond acceptors (Lipinski definition) is 7. The normalized spacial score (nSPS) is 19.5. The van der Waals surface area contributed by atoms with Gasteiger partial charge in [-0.2, -0.15) is 0 Å². The number of aromatic nitrogens is 4. The fourth-order valence-corrected chi connectivity index (χ4v) is 5.13. The molecule has 8 heteroatoms.